The van der Waals surface area contributed by atoms with Crippen LogP contribution in [0.2, 0.25) is 0 Å². The van der Waals surface area contributed by atoms with Gasteiger partial charge in [0.25, 0.3) is 5.82 Å². The molecule has 0 radical (unpaired) electrons. The molecule has 0 atom stereocenters. The molecule has 5 nitrogen and oxygen atoms in total. The van der Waals surface area contributed by atoms with Crippen LogP contribution < -0.4 is 5.73 Å². The minimum absolute atomic E-state index is 0.102. The van der Waals surface area contributed by atoms with Crippen molar-refractivity contribution in [2.24, 2.45) is 5.73 Å². The van der Waals surface area contributed by atoms with E-state index in [1.54, 1.807) is 18.2 Å². The smallest absolute Gasteiger partial charge is 0.326 e. The minimum Gasteiger partial charge on any atom is -0.326 e. The third kappa shape index (κ3) is 2.14. The molecule has 9 heteroatoms. The number of aromatic nitrogens is 4. The molecule has 2 N–H and O–H groups in total. The van der Waals surface area contributed by atoms with Gasteiger partial charge in [-0.05, 0) is 11.6 Å². The molecule has 0 fully saturated rings. The molecule has 2 heterocycles. The van der Waals surface area contributed by atoms with Crippen LogP contribution in [0.3, 0.4) is 0 Å². The molecule has 0 bridgehead atoms. The predicted octanol–water partition coefficient (Wildman–Crippen LogP) is 2.33. The van der Waals surface area contributed by atoms with Crippen molar-refractivity contribution in [1.82, 2.24) is 19.8 Å². The van der Waals surface area contributed by atoms with Crippen molar-refractivity contribution in [2.45, 2.75) is 12.7 Å². The minimum atomic E-state index is -4.58. The molecule has 0 aliphatic heterocycles. The van der Waals surface area contributed by atoms with Crippen molar-refractivity contribution in [3.05, 3.63) is 35.7 Å². The predicted molar refractivity (Wildman–Crippen MR) is 67.0 cm³/mol. The summed E-state index contributed by atoms with van der Waals surface area (Å²) in [7, 11) is 0. The van der Waals surface area contributed by atoms with Gasteiger partial charge in [-0.25, -0.2) is 0 Å². The van der Waals surface area contributed by atoms with Gasteiger partial charge in [0.1, 0.15) is 5.01 Å². The first-order valence-corrected chi connectivity index (χ1v) is 6.39. The number of nitrogens with zero attached hydrogens (tertiary/aromatic N) is 4. The standard InChI is InChI=1S/C11H8F3N5S/c12-11(13,14)9-16-17-10-19(9)18-8(20-10)7-3-1-2-6(4-7)5-15/h1-4H,5,15H2. The fraction of sp³-hybridized carbons (Fsp3) is 0.182. The number of benzene rings is 1. The molecule has 3 aromatic rings. The molecular weight excluding hydrogens is 291 g/mol. The average Bonchev–Trinajstić information content (AvgIpc) is 2.97. The van der Waals surface area contributed by atoms with Gasteiger partial charge in [0.15, 0.2) is 0 Å². The lowest BCUT2D eigenvalue weighted by molar-refractivity contribution is -0.146. The Labute approximate surface area is 114 Å². The summed E-state index contributed by atoms with van der Waals surface area (Å²) in [5, 5.41) is 11.0. The number of fused-ring (bicyclic) bond motifs is 1. The maximum Gasteiger partial charge on any atom is 0.453 e. The SMILES string of the molecule is NCc1cccc(-c2nn3c(C(F)(F)F)nnc3s2)c1. The third-order valence-corrected chi connectivity index (χ3v) is 3.60. The van der Waals surface area contributed by atoms with Crippen LogP contribution in [0.15, 0.2) is 24.3 Å². The van der Waals surface area contributed by atoms with Gasteiger partial charge in [-0.1, -0.05) is 29.5 Å². The number of rotatable bonds is 2. The van der Waals surface area contributed by atoms with E-state index in [0.717, 1.165) is 21.4 Å². The Morgan fingerprint density at radius 2 is 2.05 bits per heavy atom. The zero-order valence-electron chi connectivity index (χ0n) is 9.92. The Bertz CT molecular complexity index is 761. The van der Waals surface area contributed by atoms with Crippen LogP contribution >= 0.6 is 11.3 Å². The lowest BCUT2D eigenvalue weighted by Crippen LogP contribution is -2.11. The zero-order valence-corrected chi connectivity index (χ0v) is 10.7. The van der Waals surface area contributed by atoms with E-state index >= 15 is 0 Å². The molecule has 0 amide bonds. The second-order valence-corrected chi connectivity index (χ2v) is 4.98. The first kappa shape index (κ1) is 13.0. The van der Waals surface area contributed by atoms with Gasteiger partial charge >= 0.3 is 6.18 Å². The summed E-state index contributed by atoms with van der Waals surface area (Å²) in [5.41, 5.74) is 7.12. The van der Waals surface area contributed by atoms with E-state index in [1.165, 1.54) is 0 Å². The highest BCUT2D eigenvalue weighted by Crippen LogP contribution is 2.31. The Hall–Kier alpha value is -2.00. The van der Waals surface area contributed by atoms with E-state index in [2.05, 4.69) is 15.3 Å². The second kappa shape index (κ2) is 4.53. The largest absolute Gasteiger partial charge is 0.453 e. The van der Waals surface area contributed by atoms with Crippen LogP contribution in [0.4, 0.5) is 13.2 Å². The lowest BCUT2D eigenvalue weighted by atomic mass is 10.1. The van der Waals surface area contributed by atoms with E-state index in [0.29, 0.717) is 17.1 Å². The number of alkyl halides is 3. The van der Waals surface area contributed by atoms with Gasteiger partial charge in [-0.3, -0.25) is 0 Å². The molecule has 0 aliphatic carbocycles. The van der Waals surface area contributed by atoms with Crippen LogP contribution in [0.25, 0.3) is 15.5 Å². The monoisotopic (exact) mass is 299 g/mol. The Morgan fingerprint density at radius 3 is 2.75 bits per heavy atom. The molecule has 20 heavy (non-hydrogen) atoms. The average molecular weight is 299 g/mol. The van der Waals surface area contributed by atoms with Gasteiger partial charge in [0.2, 0.25) is 4.96 Å². The van der Waals surface area contributed by atoms with Crippen molar-refractivity contribution in [2.75, 3.05) is 0 Å². The van der Waals surface area contributed by atoms with E-state index in [4.69, 9.17) is 5.73 Å². The lowest BCUT2D eigenvalue weighted by Gasteiger charge is -2.01. The highest BCUT2D eigenvalue weighted by Gasteiger charge is 2.38. The van der Waals surface area contributed by atoms with Crippen LogP contribution in [0, 0.1) is 0 Å². The van der Waals surface area contributed by atoms with Crippen LogP contribution in [0.1, 0.15) is 11.4 Å². The van der Waals surface area contributed by atoms with E-state index < -0.39 is 12.0 Å². The summed E-state index contributed by atoms with van der Waals surface area (Å²) < 4.78 is 38.8. The van der Waals surface area contributed by atoms with Crippen LogP contribution in [0.5, 0.6) is 0 Å². The first-order chi connectivity index (χ1) is 9.49. The Balaban J connectivity index is 2.11. The molecule has 2 aromatic heterocycles. The molecule has 1 aromatic carbocycles. The highest BCUT2D eigenvalue weighted by atomic mass is 32.1. The van der Waals surface area contributed by atoms with Crippen LogP contribution in [-0.2, 0) is 12.7 Å². The molecule has 0 spiro atoms. The van der Waals surface area contributed by atoms with Crippen molar-refractivity contribution in [1.29, 1.82) is 0 Å². The summed E-state index contributed by atoms with van der Waals surface area (Å²) in [4.78, 5) is 0.102. The summed E-state index contributed by atoms with van der Waals surface area (Å²) in [6.07, 6.45) is -4.58. The van der Waals surface area contributed by atoms with Crippen molar-refractivity contribution in [3.8, 4) is 10.6 Å². The topological polar surface area (TPSA) is 69.1 Å². The summed E-state index contributed by atoms with van der Waals surface area (Å²) in [6, 6.07) is 7.17. The van der Waals surface area contributed by atoms with Crippen molar-refractivity contribution < 1.29 is 13.2 Å². The number of nitrogens with two attached hydrogens (primary N) is 1. The zero-order chi connectivity index (χ0) is 14.3. The second-order valence-electron chi connectivity index (χ2n) is 4.03. The molecule has 3 rings (SSSR count). The van der Waals surface area contributed by atoms with Gasteiger partial charge in [-0.2, -0.15) is 22.8 Å². The Kier molecular flexibility index (Phi) is 2.94. The van der Waals surface area contributed by atoms with E-state index in [9.17, 15) is 13.2 Å². The van der Waals surface area contributed by atoms with Gasteiger partial charge in [0, 0.05) is 12.1 Å². The van der Waals surface area contributed by atoms with Gasteiger partial charge in [0.05, 0.1) is 0 Å². The van der Waals surface area contributed by atoms with Gasteiger partial charge < -0.3 is 5.73 Å². The maximum atomic E-state index is 12.7. The number of hydrogen-bond acceptors (Lipinski definition) is 5. The van der Waals surface area contributed by atoms with Crippen LogP contribution in [-0.4, -0.2) is 19.8 Å². The number of halogens is 3. The normalized spacial score (nSPS) is 12.2. The third-order valence-electron chi connectivity index (χ3n) is 2.65. The fourth-order valence-corrected chi connectivity index (χ4v) is 2.58. The fourth-order valence-electron chi connectivity index (χ4n) is 1.74. The summed E-state index contributed by atoms with van der Waals surface area (Å²) in [5.74, 6) is -1.12. The first-order valence-electron chi connectivity index (χ1n) is 5.58. The van der Waals surface area contributed by atoms with E-state index in [1.807, 2.05) is 6.07 Å². The van der Waals surface area contributed by atoms with Gasteiger partial charge in [-0.15, -0.1) is 10.2 Å². The molecule has 0 aliphatic rings. The molecule has 104 valence electrons. The summed E-state index contributed by atoms with van der Waals surface area (Å²) in [6.45, 7) is 0.353. The van der Waals surface area contributed by atoms with E-state index in [-0.39, 0.29) is 4.96 Å². The molecule has 0 unspecified atom stereocenters. The van der Waals surface area contributed by atoms with Crippen molar-refractivity contribution >= 4 is 16.3 Å². The van der Waals surface area contributed by atoms with Crippen molar-refractivity contribution in [3.63, 3.8) is 0 Å². The molecule has 0 saturated carbocycles. The number of hydrogen-bond donors (Lipinski definition) is 1. The maximum absolute atomic E-state index is 12.7. The Morgan fingerprint density at radius 1 is 1.25 bits per heavy atom. The summed E-state index contributed by atoms with van der Waals surface area (Å²) >= 11 is 1.04. The highest BCUT2D eigenvalue weighted by molar-refractivity contribution is 7.19. The molecular formula is C11H8F3N5S. The molecule has 0 saturated heterocycles. The quantitative estimate of drug-likeness (QED) is 0.788.